The molecule has 220 valence electrons. The molecule has 3 heteroatoms. The van der Waals surface area contributed by atoms with Gasteiger partial charge in [0.05, 0.1) is 11.0 Å². The van der Waals surface area contributed by atoms with E-state index in [0.29, 0.717) is 0 Å². The van der Waals surface area contributed by atoms with E-state index < -0.39 is 0 Å². The highest BCUT2D eigenvalue weighted by atomic mass is 32.1. The molecule has 0 fully saturated rings. The van der Waals surface area contributed by atoms with Gasteiger partial charge in [-0.15, -0.1) is 11.3 Å². The summed E-state index contributed by atoms with van der Waals surface area (Å²) in [5, 5.41) is 3.76. The van der Waals surface area contributed by atoms with Crippen molar-refractivity contribution in [1.29, 1.82) is 0 Å². The van der Waals surface area contributed by atoms with Gasteiger partial charge in [-0.25, -0.2) is 0 Å². The Balaban J connectivity index is 1.24. The third kappa shape index (κ3) is 4.09. The lowest BCUT2D eigenvalue weighted by atomic mass is 9.82. The molecule has 0 unspecified atom stereocenters. The van der Waals surface area contributed by atoms with Gasteiger partial charge in [-0.3, -0.25) is 0 Å². The topological polar surface area (TPSA) is 8.17 Å². The second-order valence-electron chi connectivity index (χ2n) is 12.6. The Labute approximate surface area is 273 Å². The molecule has 0 saturated carbocycles. The monoisotopic (exact) mass is 608 g/mol. The van der Waals surface area contributed by atoms with Gasteiger partial charge in [-0.2, -0.15) is 0 Å². The van der Waals surface area contributed by atoms with Gasteiger partial charge in [-0.1, -0.05) is 98.8 Å². The zero-order chi connectivity index (χ0) is 30.8. The van der Waals surface area contributed by atoms with Crippen molar-refractivity contribution in [3.05, 3.63) is 169 Å². The first-order chi connectivity index (χ1) is 22.6. The van der Waals surface area contributed by atoms with Crippen LogP contribution >= 0.6 is 11.3 Å². The van der Waals surface area contributed by atoms with Crippen LogP contribution in [0, 0.1) is 0 Å². The first-order valence-corrected chi connectivity index (χ1v) is 16.7. The van der Waals surface area contributed by atoms with Crippen molar-refractivity contribution in [2.24, 2.45) is 0 Å². The molecule has 1 aliphatic rings. The van der Waals surface area contributed by atoms with E-state index in [0.717, 1.165) is 11.4 Å². The Morgan fingerprint density at radius 2 is 1.15 bits per heavy atom. The molecule has 6 aromatic carbocycles. The van der Waals surface area contributed by atoms with Crippen LogP contribution in [-0.2, 0) is 5.41 Å². The molecular formula is C43H32N2S. The minimum Gasteiger partial charge on any atom is -0.309 e. The highest BCUT2D eigenvalue weighted by Gasteiger charge is 2.36. The fraction of sp³-hybridized carbons (Fsp3) is 0.0698. The van der Waals surface area contributed by atoms with Crippen LogP contribution in [0.2, 0.25) is 0 Å². The highest BCUT2D eigenvalue weighted by Crippen LogP contribution is 2.51. The smallest absolute Gasteiger partial charge is 0.101 e. The van der Waals surface area contributed by atoms with Crippen LogP contribution in [0.5, 0.6) is 0 Å². The Morgan fingerprint density at radius 3 is 1.87 bits per heavy atom. The molecule has 0 radical (unpaired) electrons. The second-order valence-corrected chi connectivity index (χ2v) is 13.7. The zero-order valence-electron chi connectivity index (χ0n) is 25.8. The van der Waals surface area contributed by atoms with Gasteiger partial charge in [0, 0.05) is 38.1 Å². The Morgan fingerprint density at radius 1 is 0.522 bits per heavy atom. The largest absolute Gasteiger partial charge is 0.309 e. The Kier molecular flexibility index (Phi) is 6.06. The van der Waals surface area contributed by atoms with Crippen LogP contribution in [0.3, 0.4) is 0 Å². The van der Waals surface area contributed by atoms with Gasteiger partial charge < -0.3 is 9.47 Å². The maximum Gasteiger partial charge on any atom is 0.101 e. The number of anilines is 3. The summed E-state index contributed by atoms with van der Waals surface area (Å²) >= 11 is 1.83. The van der Waals surface area contributed by atoms with Gasteiger partial charge in [0.2, 0.25) is 0 Å². The quantitative estimate of drug-likeness (QED) is 0.189. The molecule has 1 aliphatic carbocycles. The number of thiophene rings is 1. The second kappa shape index (κ2) is 10.3. The third-order valence-electron chi connectivity index (χ3n) is 9.61. The first kappa shape index (κ1) is 27.0. The van der Waals surface area contributed by atoms with E-state index in [1.165, 1.54) is 65.2 Å². The fourth-order valence-corrected chi connectivity index (χ4v) is 8.43. The molecule has 0 saturated heterocycles. The lowest BCUT2D eigenvalue weighted by Crippen LogP contribution is -2.14. The number of para-hydroxylation sites is 3. The number of nitrogens with zero attached hydrogens (tertiary/aromatic N) is 2. The van der Waals surface area contributed by atoms with Gasteiger partial charge in [-0.05, 0) is 101 Å². The van der Waals surface area contributed by atoms with E-state index >= 15 is 0 Å². The summed E-state index contributed by atoms with van der Waals surface area (Å²) in [6.07, 6.45) is 0. The average molecular weight is 609 g/mol. The Bertz CT molecular complexity index is 2340. The summed E-state index contributed by atoms with van der Waals surface area (Å²) < 4.78 is 2.44. The van der Waals surface area contributed by atoms with Crippen LogP contribution < -0.4 is 4.90 Å². The molecule has 2 aromatic heterocycles. The lowest BCUT2D eigenvalue weighted by Gasteiger charge is -2.23. The molecule has 0 aliphatic heterocycles. The maximum atomic E-state index is 2.46. The minimum atomic E-state index is -0.0556. The number of benzene rings is 6. The third-order valence-corrected chi connectivity index (χ3v) is 10.7. The van der Waals surface area contributed by atoms with Crippen molar-refractivity contribution in [2.45, 2.75) is 19.3 Å². The highest BCUT2D eigenvalue weighted by molar-refractivity contribution is 7.19. The van der Waals surface area contributed by atoms with Crippen LogP contribution in [-0.4, -0.2) is 4.57 Å². The summed E-state index contributed by atoms with van der Waals surface area (Å²) in [5.74, 6) is 0. The fourth-order valence-electron chi connectivity index (χ4n) is 7.38. The number of fused-ring (bicyclic) bond motifs is 6. The molecule has 8 aromatic rings. The summed E-state index contributed by atoms with van der Waals surface area (Å²) in [6.45, 7) is 4.72. The number of aromatic nitrogens is 1. The van der Waals surface area contributed by atoms with E-state index in [4.69, 9.17) is 0 Å². The van der Waals surface area contributed by atoms with E-state index in [-0.39, 0.29) is 5.41 Å². The average Bonchev–Trinajstić information content (AvgIpc) is 3.77. The Hall–Kier alpha value is -5.38. The summed E-state index contributed by atoms with van der Waals surface area (Å²) in [5.41, 5.74) is 12.7. The van der Waals surface area contributed by atoms with E-state index in [2.05, 4.69) is 181 Å². The van der Waals surface area contributed by atoms with Gasteiger partial charge >= 0.3 is 0 Å². The SMILES string of the molecule is CC1(C)c2ccccc2-c2cc3c4cc(-c5ccc(N(c6ccccc6)c6ccccc6)s5)ccc4n(-c4ccccc4)c3cc21. The van der Waals surface area contributed by atoms with E-state index in [1.54, 1.807) is 0 Å². The molecular weight excluding hydrogens is 577 g/mol. The molecule has 0 bridgehead atoms. The van der Waals surface area contributed by atoms with E-state index in [1.807, 2.05) is 11.3 Å². The van der Waals surface area contributed by atoms with Crippen LogP contribution in [0.1, 0.15) is 25.0 Å². The standard InChI is InChI=1S/C43H32N2S/c1-43(2)37-21-13-12-20-33(37)34-27-36-35-26-29(22-23-39(35)45(40(36)28-38(34)43)32-18-10-5-11-19-32)41-24-25-42(46-41)44(30-14-6-3-7-15-30)31-16-8-4-9-17-31/h3-28H,1-2H3. The van der Waals surface area contributed by atoms with Gasteiger partial charge in [0.25, 0.3) is 0 Å². The van der Waals surface area contributed by atoms with Gasteiger partial charge in [0.1, 0.15) is 5.00 Å². The molecule has 2 heterocycles. The van der Waals surface area contributed by atoms with Gasteiger partial charge in [0.15, 0.2) is 0 Å². The van der Waals surface area contributed by atoms with Crippen molar-refractivity contribution in [3.63, 3.8) is 0 Å². The summed E-state index contributed by atoms with van der Waals surface area (Å²) in [4.78, 5) is 3.60. The maximum absolute atomic E-state index is 2.46. The van der Waals surface area contributed by atoms with Crippen molar-refractivity contribution in [1.82, 2.24) is 4.57 Å². The molecule has 46 heavy (non-hydrogen) atoms. The minimum absolute atomic E-state index is 0.0556. The molecule has 9 rings (SSSR count). The van der Waals surface area contributed by atoms with Crippen LogP contribution in [0.25, 0.3) is 49.1 Å². The molecule has 0 atom stereocenters. The van der Waals surface area contributed by atoms with Crippen molar-refractivity contribution < 1.29 is 0 Å². The predicted octanol–water partition coefficient (Wildman–Crippen LogP) is 12.3. The lowest BCUT2D eigenvalue weighted by molar-refractivity contribution is 0.661. The molecule has 0 N–H and O–H groups in total. The zero-order valence-corrected chi connectivity index (χ0v) is 26.6. The van der Waals surface area contributed by atoms with Crippen molar-refractivity contribution in [3.8, 4) is 27.3 Å². The van der Waals surface area contributed by atoms with Crippen molar-refractivity contribution in [2.75, 3.05) is 4.90 Å². The summed E-state index contributed by atoms with van der Waals surface area (Å²) in [7, 11) is 0. The number of hydrogen-bond acceptors (Lipinski definition) is 2. The molecule has 0 amide bonds. The predicted molar refractivity (Wildman–Crippen MR) is 196 cm³/mol. The first-order valence-electron chi connectivity index (χ1n) is 15.9. The van der Waals surface area contributed by atoms with Crippen LogP contribution in [0.4, 0.5) is 16.4 Å². The summed E-state index contributed by atoms with van der Waals surface area (Å²) in [6, 6.07) is 57.4. The molecule has 0 spiro atoms. The number of rotatable bonds is 5. The van der Waals surface area contributed by atoms with E-state index in [9.17, 15) is 0 Å². The van der Waals surface area contributed by atoms with Crippen molar-refractivity contribution >= 4 is 49.5 Å². The van der Waals surface area contributed by atoms with Crippen LogP contribution in [0.15, 0.2) is 158 Å². The number of hydrogen-bond donors (Lipinski definition) is 0. The normalized spacial score (nSPS) is 13.2. The molecule has 2 nitrogen and oxygen atoms in total.